The number of aliphatic hydroxyl groups excluding tert-OH is 4. The van der Waals surface area contributed by atoms with E-state index < -0.39 is 59.9 Å². The van der Waals surface area contributed by atoms with Crippen LogP contribution in [0.4, 0.5) is 0 Å². The van der Waals surface area contributed by atoms with Crippen LogP contribution in [0.25, 0.3) is 0 Å². The van der Waals surface area contributed by atoms with Crippen molar-refractivity contribution in [1.29, 1.82) is 0 Å². The third-order valence-electron chi connectivity index (χ3n) is 14.8. The molecule has 0 aliphatic carbocycles. The van der Waals surface area contributed by atoms with Gasteiger partial charge in [0.25, 0.3) is 0 Å². The third-order valence-corrected chi connectivity index (χ3v) is 15.2. The molecular formula is C60H115NO11S. The van der Waals surface area contributed by atoms with Crippen molar-refractivity contribution in [1.82, 2.24) is 5.32 Å². The second kappa shape index (κ2) is 50.1. The highest BCUT2D eigenvalue weighted by molar-refractivity contribution is 7.80. The minimum Gasteiger partial charge on any atom is -0.394 e. The Labute approximate surface area is 448 Å². The molecule has 12 nitrogen and oxygen atoms in total. The lowest BCUT2D eigenvalue weighted by Gasteiger charge is -2.41. The highest BCUT2D eigenvalue weighted by Crippen LogP contribution is 2.26. The minimum absolute atomic E-state index is 0.227. The van der Waals surface area contributed by atoms with Gasteiger partial charge in [-0.3, -0.25) is 9.35 Å². The summed E-state index contributed by atoms with van der Waals surface area (Å²) in [6, 6.07) is -0.855. The summed E-state index contributed by atoms with van der Waals surface area (Å²) in [5.41, 5.74) is 0. The fourth-order valence-electron chi connectivity index (χ4n) is 10.0. The molecule has 1 saturated heterocycles. The van der Waals surface area contributed by atoms with E-state index in [1.807, 2.05) is 0 Å². The largest absolute Gasteiger partial charge is 0.397 e. The van der Waals surface area contributed by atoms with Crippen LogP contribution in [0.15, 0.2) is 24.3 Å². The summed E-state index contributed by atoms with van der Waals surface area (Å²) in [4.78, 5) is 13.1. The Kier molecular flexibility index (Phi) is 47.8. The van der Waals surface area contributed by atoms with E-state index in [4.69, 9.17) is 9.47 Å². The van der Waals surface area contributed by atoms with E-state index in [0.717, 1.165) is 57.8 Å². The molecule has 432 valence electrons. The van der Waals surface area contributed by atoms with Gasteiger partial charge in [0.05, 0.1) is 25.4 Å². The maximum absolute atomic E-state index is 13.1. The van der Waals surface area contributed by atoms with E-state index in [0.29, 0.717) is 12.8 Å². The molecule has 0 aromatic carbocycles. The van der Waals surface area contributed by atoms with Crippen LogP contribution >= 0.6 is 0 Å². The Morgan fingerprint density at radius 2 is 0.918 bits per heavy atom. The lowest BCUT2D eigenvalue weighted by Crippen LogP contribution is -2.61. The van der Waals surface area contributed by atoms with Gasteiger partial charge < -0.3 is 35.2 Å². The molecule has 0 bridgehead atoms. The first-order valence-corrected chi connectivity index (χ1v) is 32.1. The summed E-state index contributed by atoms with van der Waals surface area (Å²) in [7, 11) is -5.08. The number of hydrogen-bond donors (Lipinski definition) is 6. The fraction of sp³-hybridized carbons (Fsp3) is 0.917. The molecule has 73 heavy (non-hydrogen) atoms. The monoisotopic (exact) mass is 1060 g/mol. The lowest BCUT2D eigenvalue weighted by atomic mass is 9.99. The number of rotatable bonds is 54. The number of allylic oxidation sites excluding steroid dienone is 4. The van der Waals surface area contributed by atoms with Gasteiger partial charge in [-0.1, -0.05) is 269 Å². The second-order valence-electron chi connectivity index (χ2n) is 21.6. The normalized spacial score (nSPS) is 19.4. The summed E-state index contributed by atoms with van der Waals surface area (Å²) in [5.74, 6) is -0.227. The molecule has 7 atom stereocenters. The standard InChI is InChI=1S/C60H115NO11S/c1-3-5-7-9-11-13-15-16-17-18-19-20-21-22-23-24-25-26-27-28-29-30-31-32-33-34-35-36-37-38-40-42-44-46-48-50-56(64)61-53(54(63)49-47-45-43-41-39-14-12-10-8-6-4-2)52-70-60-58(66)59(72-73(67,68)69)57(65)55(51-62)71-60/h21-22,24-25,53-55,57-60,62-63,65-66H,3-20,23,26-52H2,1-2H3,(H,61,64)(H,67,68,69)/b22-21-,25-24-. The molecule has 7 unspecified atom stereocenters. The molecule has 6 N–H and O–H groups in total. The molecule has 0 spiro atoms. The van der Waals surface area contributed by atoms with Crippen molar-refractivity contribution in [3.8, 4) is 0 Å². The van der Waals surface area contributed by atoms with Crippen molar-refractivity contribution in [2.75, 3.05) is 13.2 Å². The third kappa shape index (κ3) is 42.3. The zero-order chi connectivity index (χ0) is 53.3. The highest BCUT2D eigenvalue weighted by atomic mass is 32.3. The zero-order valence-electron chi connectivity index (χ0n) is 47.0. The van der Waals surface area contributed by atoms with Crippen LogP contribution in [0, 0.1) is 0 Å². The van der Waals surface area contributed by atoms with E-state index in [9.17, 15) is 38.2 Å². The molecular weight excluding hydrogens is 943 g/mol. The van der Waals surface area contributed by atoms with Crippen LogP contribution in [0.3, 0.4) is 0 Å². The SMILES string of the molecule is CCCCCCCCCCCCC/C=C\C/C=C\CCCCCCCCCCCCCCCCCCCC(=O)NC(COC1OC(CO)C(O)C(OS(=O)(=O)O)C1O)C(O)CCCCCCCCCCCCC. The number of nitrogens with one attached hydrogen (secondary N) is 1. The zero-order valence-corrected chi connectivity index (χ0v) is 47.8. The first-order chi connectivity index (χ1) is 35.5. The van der Waals surface area contributed by atoms with Gasteiger partial charge in [-0.2, -0.15) is 8.42 Å². The van der Waals surface area contributed by atoms with E-state index in [1.54, 1.807) is 0 Å². The van der Waals surface area contributed by atoms with Gasteiger partial charge in [0, 0.05) is 6.42 Å². The van der Waals surface area contributed by atoms with Crippen molar-refractivity contribution in [3.63, 3.8) is 0 Å². The quantitative estimate of drug-likeness (QED) is 0.0193. The molecule has 1 rings (SSSR count). The van der Waals surface area contributed by atoms with Crippen LogP contribution in [-0.2, 0) is 28.9 Å². The van der Waals surface area contributed by atoms with Crippen LogP contribution in [0.5, 0.6) is 0 Å². The Balaban J connectivity index is 2.16. The lowest BCUT2D eigenvalue weighted by molar-refractivity contribution is -0.298. The number of aliphatic hydroxyl groups is 4. The molecule has 0 aromatic rings. The number of unbranched alkanes of at least 4 members (excludes halogenated alkanes) is 38. The van der Waals surface area contributed by atoms with Crippen molar-refractivity contribution in [2.45, 2.75) is 339 Å². The predicted molar refractivity (Wildman–Crippen MR) is 301 cm³/mol. The van der Waals surface area contributed by atoms with Crippen LogP contribution < -0.4 is 5.32 Å². The summed E-state index contributed by atoms with van der Waals surface area (Å²) < 4.78 is 47.8. The molecule has 13 heteroatoms. The van der Waals surface area contributed by atoms with Crippen LogP contribution in [-0.4, -0.2) is 95.4 Å². The van der Waals surface area contributed by atoms with Gasteiger partial charge >= 0.3 is 10.4 Å². The molecule has 0 aromatic heterocycles. The summed E-state index contributed by atoms with van der Waals surface area (Å²) >= 11 is 0. The number of hydrogen-bond acceptors (Lipinski definition) is 10. The van der Waals surface area contributed by atoms with Gasteiger partial charge in [-0.05, 0) is 44.9 Å². The molecule has 1 aliphatic heterocycles. The maximum Gasteiger partial charge on any atom is 0.397 e. The van der Waals surface area contributed by atoms with Crippen LogP contribution in [0.1, 0.15) is 296 Å². The Hall–Kier alpha value is -1.42. The van der Waals surface area contributed by atoms with Crippen molar-refractivity contribution in [3.05, 3.63) is 24.3 Å². The van der Waals surface area contributed by atoms with Crippen molar-refractivity contribution >= 4 is 16.3 Å². The van der Waals surface area contributed by atoms with E-state index in [2.05, 4.69) is 47.7 Å². The number of ether oxygens (including phenoxy) is 2. The van der Waals surface area contributed by atoms with E-state index >= 15 is 0 Å². The fourth-order valence-corrected chi connectivity index (χ4v) is 10.5. The number of carbonyl (C=O) groups excluding carboxylic acids is 1. The predicted octanol–water partition coefficient (Wildman–Crippen LogP) is 14.8. The summed E-state index contributed by atoms with van der Waals surface area (Å²) in [6.45, 7) is 3.46. The molecule has 1 heterocycles. The summed E-state index contributed by atoms with van der Waals surface area (Å²) in [5, 5.41) is 45.0. The second-order valence-corrected chi connectivity index (χ2v) is 22.7. The van der Waals surface area contributed by atoms with Crippen molar-refractivity contribution in [2.24, 2.45) is 0 Å². The van der Waals surface area contributed by atoms with Crippen LogP contribution in [0.2, 0.25) is 0 Å². The summed E-state index contributed by atoms with van der Waals surface area (Å²) in [6.07, 6.45) is 53.7. The van der Waals surface area contributed by atoms with Gasteiger partial charge in [0.1, 0.15) is 24.4 Å². The van der Waals surface area contributed by atoms with Gasteiger partial charge in [0.2, 0.25) is 5.91 Å². The van der Waals surface area contributed by atoms with Crippen molar-refractivity contribution < 1.29 is 51.8 Å². The Bertz CT molecular complexity index is 1380. The first kappa shape index (κ1) is 69.6. The molecule has 0 radical (unpaired) electrons. The molecule has 1 aliphatic rings. The Morgan fingerprint density at radius 3 is 1.30 bits per heavy atom. The molecule has 1 amide bonds. The number of amides is 1. The Morgan fingerprint density at radius 1 is 0.548 bits per heavy atom. The van der Waals surface area contributed by atoms with Gasteiger partial charge in [-0.15, -0.1) is 0 Å². The average molecular weight is 1060 g/mol. The van der Waals surface area contributed by atoms with E-state index in [-0.39, 0.29) is 12.5 Å². The van der Waals surface area contributed by atoms with Gasteiger partial charge in [0.15, 0.2) is 6.29 Å². The van der Waals surface area contributed by atoms with E-state index in [1.165, 1.54) is 212 Å². The smallest absolute Gasteiger partial charge is 0.394 e. The number of carbonyl (C=O) groups is 1. The maximum atomic E-state index is 13.1. The molecule has 0 saturated carbocycles. The first-order valence-electron chi connectivity index (χ1n) is 30.7. The molecule has 1 fully saturated rings. The minimum atomic E-state index is -5.08. The topological polar surface area (TPSA) is 192 Å². The van der Waals surface area contributed by atoms with Gasteiger partial charge in [-0.25, -0.2) is 4.18 Å². The average Bonchev–Trinajstić information content (AvgIpc) is 3.37. The highest BCUT2D eigenvalue weighted by Gasteiger charge is 2.48.